The van der Waals surface area contributed by atoms with Gasteiger partial charge in [0.25, 0.3) is 0 Å². The summed E-state index contributed by atoms with van der Waals surface area (Å²) in [5.41, 5.74) is 1.72. The van der Waals surface area contributed by atoms with Crippen LogP contribution in [0.5, 0.6) is 11.5 Å². The van der Waals surface area contributed by atoms with E-state index in [4.69, 9.17) is 4.74 Å². The van der Waals surface area contributed by atoms with Crippen LogP contribution >= 0.6 is 0 Å². The van der Waals surface area contributed by atoms with Crippen LogP contribution in [0.4, 0.5) is 0 Å². The van der Waals surface area contributed by atoms with Gasteiger partial charge in [-0.15, -0.1) is 0 Å². The minimum Gasteiger partial charge on any atom is -0.455 e. The maximum atomic E-state index is 9.63. The molecule has 1 heterocycles. The van der Waals surface area contributed by atoms with Crippen molar-refractivity contribution in [2.24, 2.45) is 0 Å². The van der Waals surface area contributed by atoms with Gasteiger partial charge in [0.15, 0.2) is 0 Å². The van der Waals surface area contributed by atoms with Gasteiger partial charge in [-0.2, -0.15) is 0 Å². The zero-order valence-corrected chi connectivity index (χ0v) is 9.92. The Morgan fingerprint density at radius 2 is 1.94 bits per heavy atom. The highest BCUT2D eigenvalue weighted by Crippen LogP contribution is 2.28. The number of para-hydroxylation sites is 1. The van der Waals surface area contributed by atoms with Gasteiger partial charge in [-0.25, -0.2) is 0 Å². The summed E-state index contributed by atoms with van der Waals surface area (Å²) in [6, 6.07) is 11.2. The van der Waals surface area contributed by atoms with Gasteiger partial charge in [-0.05, 0) is 32.0 Å². The molecule has 0 unspecified atom stereocenters. The number of ether oxygens (including phenoxy) is 1. The number of aromatic nitrogens is 1. The number of hydrogen-bond acceptors (Lipinski definition) is 3. The van der Waals surface area contributed by atoms with E-state index in [-0.39, 0.29) is 0 Å². The van der Waals surface area contributed by atoms with Gasteiger partial charge >= 0.3 is 0 Å². The molecule has 3 heteroatoms. The fraction of sp³-hybridized carbons (Fsp3) is 0.214. The predicted molar refractivity (Wildman–Crippen MR) is 66.1 cm³/mol. The minimum absolute atomic E-state index is 0.551. The molecule has 0 spiro atoms. The molecule has 1 aromatic carbocycles. The first-order chi connectivity index (χ1) is 8.16. The molecule has 2 aromatic rings. The first-order valence-electron chi connectivity index (χ1n) is 5.54. The smallest absolute Gasteiger partial charge is 0.145 e. The van der Waals surface area contributed by atoms with E-state index < -0.39 is 6.10 Å². The lowest BCUT2D eigenvalue weighted by molar-refractivity contribution is 0.195. The third-order valence-electron chi connectivity index (χ3n) is 2.48. The zero-order valence-electron chi connectivity index (χ0n) is 9.92. The Labute approximate surface area is 101 Å². The molecule has 1 N–H and O–H groups in total. The molecule has 2 rings (SSSR count). The van der Waals surface area contributed by atoms with Crippen LogP contribution in [0, 0.1) is 6.92 Å². The third-order valence-corrected chi connectivity index (χ3v) is 2.48. The molecule has 0 fully saturated rings. The number of aliphatic hydroxyl groups is 1. The summed E-state index contributed by atoms with van der Waals surface area (Å²) in [6.07, 6.45) is 1.12. The molecular formula is C14H15NO2. The molecule has 0 aliphatic carbocycles. The van der Waals surface area contributed by atoms with E-state index in [1.807, 2.05) is 43.3 Å². The van der Waals surface area contributed by atoms with E-state index in [0.29, 0.717) is 11.5 Å². The van der Waals surface area contributed by atoms with Crippen molar-refractivity contribution < 1.29 is 9.84 Å². The van der Waals surface area contributed by atoms with Gasteiger partial charge in [0.2, 0.25) is 0 Å². The van der Waals surface area contributed by atoms with Crippen LogP contribution in [-0.2, 0) is 0 Å². The Kier molecular flexibility index (Phi) is 3.40. The van der Waals surface area contributed by atoms with Gasteiger partial charge in [0, 0.05) is 11.3 Å². The molecule has 0 bridgehead atoms. The first kappa shape index (κ1) is 11.6. The fourth-order valence-corrected chi connectivity index (χ4v) is 1.56. The second-order valence-electron chi connectivity index (χ2n) is 3.95. The van der Waals surface area contributed by atoms with Crippen molar-refractivity contribution in [2.45, 2.75) is 20.0 Å². The van der Waals surface area contributed by atoms with E-state index in [9.17, 15) is 5.11 Å². The molecule has 1 aromatic heterocycles. The van der Waals surface area contributed by atoms with Crippen LogP contribution in [0.25, 0.3) is 0 Å². The second-order valence-corrected chi connectivity index (χ2v) is 3.95. The van der Waals surface area contributed by atoms with Crippen molar-refractivity contribution in [1.82, 2.24) is 4.98 Å². The van der Waals surface area contributed by atoms with Gasteiger partial charge < -0.3 is 9.84 Å². The van der Waals surface area contributed by atoms with Crippen LogP contribution < -0.4 is 4.74 Å². The van der Waals surface area contributed by atoms with E-state index in [2.05, 4.69) is 4.98 Å². The van der Waals surface area contributed by atoms with Gasteiger partial charge in [-0.1, -0.05) is 18.2 Å². The first-order valence-corrected chi connectivity index (χ1v) is 5.54. The molecular weight excluding hydrogens is 214 g/mol. The summed E-state index contributed by atoms with van der Waals surface area (Å²) in [7, 11) is 0. The molecule has 0 amide bonds. The molecule has 0 saturated heterocycles. The normalized spacial score (nSPS) is 12.2. The van der Waals surface area contributed by atoms with Crippen molar-refractivity contribution in [3.8, 4) is 11.5 Å². The maximum Gasteiger partial charge on any atom is 0.145 e. The van der Waals surface area contributed by atoms with Crippen LogP contribution in [-0.4, -0.2) is 10.1 Å². The van der Waals surface area contributed by atoms with Gasteiger partial charge in [-0.3, -0.25) is 4.98 Å². The number of benzene rings is 1. The molecule has 0 aliphatic rings. The Hall–Kier alpha value is -1.87. The lowest BCUT2D eigenvalue weighted by Gasteiger charge is -2.12. The van der Waals surface area contributed by atoms with Gasteiger partial charge in [0.05, 0.1) is 12.3 Å². The second kappa shape index (κ2) is 4.97. The van der Waals surface area contributed by atoms with Crippen LogP contribution in [0.3, 0.4) is 0 Å². The van der Waals surface area contributed by atoms with Crippen LogP contribution in [0.1, 0.15) is 24.3 Å². The maximum absolute atomic E-state index is 9.63. The highest BCUT2D eigenvalue weighted by Gasteiger charge is 2.08. The number of pyridine rings is 1. The van der Waals surface area contributed by atoms with Crippen LogP contribution in [0.2, 0.25) is 0 Å². The van der Waals surface area contributed by atoms with E-state index >= 15 is 0 Å². The van der Waals surface area contributed by atoms with Crippen LogP contribution in [0.15, 0.2) is 42.6 Å². The lowest BCUT2D eigenvalue weighted by atomic mass is 10.1. The Balaban J connectivity index is 2.26. The van der Waals surface area contributed by atoms with E-state index in [1.165, 1.54) is 0 Å². The largest absolute Gasteiger partial charge is 0.455 e. The zero-order chi connectivity index (χ0) is 12.3. The number of nitrogens with zero attached hydrogens (tertiary/aromatic N) is 1. The summed E-state index contributed by atoms with van der Waals surface area (Å²) in [4.78, 5) is 4.16. The lowest BCUT2D eigenvalue weighted by Crippen LogP contribution is -1.96. The summed E-state index contributed by atoms with van der Waals surface area (Å²) < 4.78 is 5.70. The number of rotatable bonds is 3. The Morgan fingerprint density at radius 1 is 1.18 bits per heavy atom. The van der Waals surface area contributed by atoms with Crippen molar-refractivity contribution in [1.29, 1.82) is 0 Å². The standard InChI is InChI=1S/C14H15NO2/c1-10-7-8-12(9-15-10)17-14-6-4-3-5-13(14)11(2)16/h3-9,11,16H,1-2H3/t11-/m1/s1. The average molecular weight is 229 g/mol. The average Bonchev–Trinajstić information content (AvgIpc) is 2.32. The Bertz CT molecular complexity index is 492. The highest BCUT2D eigenvalue weighted by atomic mass is 16.5. The SMILES string of the molecule is Cc1ccc(Oc2ccccc2[C@@H](C)O)cn1. The van der Waals surface area contributed by atoms with E-state index in [0.717, 1.165) is 11.3 Å². The van der Waals surface area contributed by atoms with Crippen molar-refractivity contribution in [3.05, 3.63) is 53.9 Å². The monoisotopic (exact) mass is 229 g/mol. The number of aliphatic hydroxyl groups excluding tert-OH is 1. The highest BCUT2D eigenvalue weighted by molar-refractivity contribution is 5.38. The summed E-state index contributed by atoms with van der Waals surface area (Å²) in [5.74, 6) is 1.33. The molecule has 1 atom stereocenters. The summed E-state index contributed by atoms with van der Waals surface area (Å²) in [6.45, 7) is 3.64. The number of aryl methyl sites for hydroxylation is 1. The molecule has 17 heavy (non-hydrogen) atoms. The van der Waals surface area contributed by atoms with Crippen molar-refractivity contribution >= 4 is 0 Å². The molecule has 0 saturated carbocycles. The van der Waals surface area contributed by atoms with Crippen molar-refractivity contribution in [2.75, 3.05) is 0 Å². The van der Waals surface area contributed by atoms with Crippen molar-refractivity contribution in [3.63, 3.8) is 0 Å². The minimum atomic E-state index is -0.551. The predicted octanol–water partition coefficient (Wildman–Crippen LogP) is 3.24. The Morgan fingerprint density at radius 3 is 2.59 bits per heavy atom. The van der Waals surface area contributed by atoms with Gasteiger partial charge in [0.1, 0.15) is 11.5 Å². The summed E-state index contributed by atoms with van der Waals surface area (Å²) in [5, 5.41) is 9.63. The topological polar surface area (TPSA) is 42.4 Å². The third kappa shape index (κ3) is 2.82. The molecule has 0 radical (unpaired) electrons. The molecule has 3 nitrogen and oxygen atoms in total. The molecule has 88 valence electrons. The summed E-state index contributed by atoms with van der Waals surface area (Å²) >= 11 is 0. The molecule has 0 aliphatic heterocycles. The van der Waals surface area contributed by atoms with E-state index in [1.54, 1.807) is 13.1 Å². The number of hydrogen-bond donors (Lipinski definition) is 1. The quantitative estimate of drug-likeness (QED) is 0.878. The fourth-order valence-electron chi connectivity index (χ4n) is 1.56.